The van der Waals surface area contributed by atoms with Crippen LogP contribution in [0.2, 0.25) is 0 Å². The monoisotopic (exact) mass is 305 g/mol. The second-order valence-electron chi connectivity index (χ2n) is 5.58. The summed E-state index contributed by atoms with van der Waals surface area (Å²) in [5.74, 6) is -0.0393. The molecule has 1 atom stereocenters. The maximum atomic E-state index is 13.5. The van der Waals surface area contributed by atoms with Crippen molar-refractivity contribution in [2.75, 3.05) is 0 Å². The Labute approximate surface area is 128 Å². The lowest BCUT2D eigenvalue weighted by Gasteiger charge is -2.09. The topological polar surface area (TPSA) is 81.1 Å². The number of carbonyl (C=O) groups is 1. The molecule has 0 spiro atoms. The molecule has 22 heavy (non-hydrogen) atoms. The Hall–Kier alpha value is -2.21. The highest BCUT2D eigenvalue weighted by Crippen LogP contribution is 2.18. The molecule has 1 unspecified atom stereocenters. The molecule has 0 aliphatic rings. The molecule has 0 radical (unpaired) electrons. The first-order valence-corrected chi connectivity index (χ1v) is 7.20. The number of amides is 1. The highest BCUT2D eigenvalue weighted by Gasteiger charge is 2.18. The molecule has 0 saturated heterocycles. The molecule has 1 heterocycles. The Bertz CT molecular complexity index is 640. The van der Waals surface area contributed by atoms with Crippen LogP contribution in [0.3, 0.4) is 0 Å². The maximum absolute atomic E-state index is 13.5. The predicted molar refractivity (Wildman–Crippen MR) is 80.5 cm³/mol. The van der Waals surface area contributed by atoms with Crippen LogP contribution in [0.1, 0.15) is 48.3 Å². The Balaban J connectivity index is 1.96. The lowest BCUT2D eigenvalue weighted by atomic mass is 10.0. The van der Waals surface area contributed by atoms with Crippen molar-refractivity contribution >= 4 is 5.91 Å². The van der Waals surface area contributed by atoms with E-state index in [1.165, 1.54) is 12.3 Å². The third-order valence-electron chi connectivity index (χ3n) is 3.19. The fourth-order valence-corrected chi connectivity index (χ4v) is 2.08. The average molecular weight is 305 g/mol. The van der Waals surface area contributed by atoms with Crippen LogP contribution in [0.25, 0.3) is 0 Å². The summed E-state index contributed by atoms with van der Waals surface area (Å²) in [5, 5.41) is 2.61. The van der Waals surface area contributed by atoms with Crippen molar-refractivity contribution in [3.8, 4) is 0 Å². The molecule has 2 aromatic rings. The van der Waals surface area contributed by atoms with E-state index in [9.17, 15) is 9.18 Å². The van der Waals surface area contributed by atoms with Crippen LogP contribution < -0.4 is 11.1 Å². The third kappa shape index (κ3) is 4.14. The Morgan fingerprint density at radius 3 is 2.82 bits per heavy atom. The summed E-state index contributed by atoms with van der Waals surface area (Å²) in [4.78, 5) is 16.1. The van der Waals surface area contributed by atoms with Gasteiger partial charge in [-0.2, -0.15) is 0 Å². The van der Waals surface area contributed by atoms with E-state index in [4.69, 9.17) is 10.2 Å². The van der Waals surface area contributed by atoms with Crippen LogP contribution in [0.4, 0.5) is 4.39 Å². The molecule has 2 rings (SSSR count). The number of nitrogens with zero attached hydrogens (tertiary/aromatic N) is 1. The van der Waals surface area contributed by atoms with Crippen LogP contribution in [-0.2, 0) is 6.54 Å². The first-order chi connectivity index (χ1) is 10.5. The fraction of sp³-hybridized carbons (Fsp3) is 0.375. The Morgan fingerprint density at radius 1 is 1.41 bits per heavy atom. The van der Waals surface area contributed by atoms with E-state index in [2.05, 4.69) is 10.3 Å². The number of rotatable bonds is 6. The number of oxazole rings is 1. The number of hydrogen-bond acceptors (Lipinski definition) is 4. The molecule has 5 nitrogen and oxygen atoms in total. The largest absolute Gasteiger partial charge is 0.446 e. The van der Waals surface area contributed by atoms with Gasteiger partial charge in [-0.15, -0.1) is 0 Å². The maximum Gasteiger partial charge on any atom is 0.273 e. The van der Waals surface area contributed by atoms with Gasteiger partial charge in [0.15, 0.2) is 5.69 Å². The lowest BCUT2D eigenvalue weighted by molar-refractivity contribution is 0.0945. The van der Waals surface area contributed by atoms with E-state index in [1.807, 2.05) is 13.8 Å². The molecule has 0 aliphatic heterocycles. The van der Waals surface area contributed by atoms with Crippen molar-refractivity contribution in [1.29, 1.82) is 0 Å². The minimum Gasteiger partial charge on any atom is -0.446 e. The smallest absolute Gasteiger partial charge is 0.273 e. The van der Waals surface area contributed by atoms with Crippen LogP contribution in [0.5, 0.6) is 0 Å². The molecule has 0 aliphatic carbocycles. The van der Waals surface area contributed by atoms with E-state index < -0.39 is 5.91 Å². The highest BCUT2D eigenvalue weighted by molar-refractivity contribution is 5.91. The van der Waals surface area contributed by atoms with E-state index in [0.29, 0.717) is 17.4 Å². The number of hydrogen-bond donors (Lipinski definition) is 2. The molecular formula is C16H20FN3O2. The second kappa shape index (κ2) is 7.17. The zero-order valence-electron chi connectivity index (χ0n) is 12.7. The molecule has 0 bridgehead atoms. The van der Waals surface area contributed by atoms with Crippen molar-refractivity contribution in [2.45, 2.75) is 32.9 Å². The molecule has 118 valence electrons. The van der Waals surface area contributed by atoms with Gasteiger partial charge in [0.2, 0.25) is 5.89 Å². The van der Waals surface area contributed by atoms with Gasteiger partial charge in [-0.25, -0.2) is 9.37 Å². The summed E-state index contributed by atoms with van der Waals surface area (Å²) in [6.45, 7) is 4.18. The van der Waals surface area contributed by atoms with Crippen molar-refractivity contribution in [2.24, 2.45) is 11.7 Å². The highest BCUT2D eigenvalue weighted by atomic mass is 19.1. The van der Waals surface area contributed by atoms with Gasteiger partial charge in [0.25, 0.3) is 5.91 Å². The van der Waals surface area contributed by atoms with Crippen LogP contribution in [0.15, 0.2) is 34.9 Å². The second-order valence-corrected chi connectivity index (χ2v) is 5.58. The summed E-state index contributed by atoms with van der Waals surface area (Å²) in [5.41, 5.74) is 6.51. The van der Waals surface area contributed by atoms with E-state index in [1.54, 1.807) is 18.2 Å². The number of aromatic nitrogens is 1. The molecule has 1 amide bonds. The van der Waals surface area contributed by atoms with Crippen molar-refractivity contribution in [3.63, 3.8) is 0 Å². The number of nitrogens with one attached hydrogen (secondary N) is 1. The summed E-state index contributed by atoms with van der Waals surface area (Å²) in [6.07, 6.45) is 1.99. The van der Waals surface area contributed by atoms with Gasteiger partial charge >= 0.3 is 0 Å². The summed E-state index contributed by atoms with van der Waals surface area (Å²) < 4.78 is 18.7. The minimum atomic E-state index is -0.421. The van der Waals surface area contributed by atoms with Gasteiger partial charge in [0, 0.05) is 12.1 Å². The number of carbonyl (C=O) groups excluding carboxylic acids is 1. The molecular weight excluding hydrogens is 285 g/mol. The third-order valence-corrected chi connectivity index (χ3v) is 3.19. The summed E-state index contributed by atoms with van der Waals surface area (Å²) in [6, 6.07) is 5.93. The summed E-state index contributed by atoms with van der Waals surface area (Å²) in [7, 11) is 0. The number of benzene rings is 1. The van der Waals surface area contributed by atoms with Gasteiger partial charge in [0.1, 0.15) is 12.1 Å². The molecule has 1 aromatic heterocycles. The summed E-state index contributed by atoms with van der Waals surface area (Å²) >= 11 is 0. The Kier molecular flexibility index (Phi) is 5.27. The van der Waals surface area contributed by atoms with E-state index in [0.717, 1.165) is 6.42 Å². The van der Waals surface area contributed by atoms with E-state index in [-0.39, 0.29) is 24.1 Å². The van der Waals surface area contributed by atoms with Crippen molar-refractivity contribution < 1.29 is 13.6 Å². The van der Waals surface area contributed by atoms with Gasteiger partial charge in [-0.1, -0.05) is 32.0 Å². The zero-order valence-corrected chi connectivity index (χ0v) is 12.7. The number of nitrogens with two attached hydrogens (primary N) is 1. The SMILES string of the molecule is CC(C)CC(N)c1nc(C(=O)NCc2ccccc2F)co1. The average Bonchev–Trinajstić information content (AvgIpc) is 2.95. The molecule has 0 saturated carbocycles. The first-order valence-electron chi connectivity index (χ1n) is 7.20. The molecule has 3 N–H and O–H groups in total. The number of halogens is 1. The van der Waals surface area contributed by atoms with Gasteiger partial charge in [0.05, 0.1) is 6.04 Å². The zero-order chi connectivity index (χ0) is 16.1. The van der Waals surface area contributed by atoms with Gasteiger partial charge < -0.3 is 15.5 Å². The molecule has 0 fully saturated rings. The van der Waals surface area contributed by atoms with Crippen LogP contribution in [0, 0.1) is 11.7 Å². The molecule has 1 aromatic carbocycles. The van der Waals surface area contributed by atoms with Crippen LogP contribution in [-0.4, -0.2) is 10.9 Å². The van der Waals surface area contributed by atoms with E-state index >= 15 is 0 Å². The van der Waals surface area contributed by atoms with Crippen LogP contribution >= 0.6 is 0 Å². The fourth-order valence-electron chi connectivity index (χ4n) is 2.08. The standard InChI is InChI=1S/C16H20FN3O2/c1-10(2)7-13(18)16-20-14(9-22-16)15(21)19-8-11-5-3-4-6-12(11)17/h3-6,9-10,13H,7-8,18H2,1-2H3,(H,19,21). The van der Waals surface area contributed by atoms with Gasteiger partial charge in [-0.3, -0.25) is 4.79 Å². The first kappa shape index (κ1) is 16.2. The normalized spacial score (nSPS) is 12.4. The van der Waals surface area contributed by atoms with Crippen molar-refractivity contribution in [3.05, 3.63) is 53.5 Å². The quantitative estimate of drug-likeness (QED) is 0.860. The molecule has 6 heteroatoms. The minimum absolute atomic E-state index is 0.0890. The van der Waals surface area contributed by atoms with Crippen molar-refractivity contribution in [1.82, 2.24) is 10.3 Å². The Morgan fingerprint density at radius 2 is 2.14 bits per heavy atom. The lowest BCUT2D eigenvalue weighted by Crippen LogP contribution is -2.24. The predicted octanol–water partition coefficient (Wildman–Crippen LogP) is 2.79. The van der Waals surface area contributed by atoms with Gasteiger partial charge in [-0.05, 0) is 18.4 Å².